The van der Waals surface area contributed by atoms with Crippen LogP contribution in [0.5, 0.6) is 0 Å². The molecule has 19 heavy (non-hydrogen) atoms. The molecule has 1 unspecified atom stereocenters. The van der Waals surface area contributed by atoms with Crippen molar-refractivity contribution in [3.63, 3.8) is 0 Å². The number of nitrogens with two attached hydrogens (primary N) is 1. The van der Waals surface area contributed by atoms with Crippen LogP contribution in [0, 0.1) is 5.92 Å². The molecular formula is C14H28N4O. The topological polar surface area (TPSA) is 54.1 Å². The number of ether oxygens (including phenoxy) is 1. The molecule has 1 atom stereocenters. The van der Waals surface area contributed by atoms with Gasteiger partial charge in [-0.25, -0.2) is 0 Å². The molecule has 0 aromatic rings. The summed E-state index contributed by atoms with van der Waals surface area (Å²) in [5.41, 5.74) is 6.07. The first kappa shape index (κ1) is 14.6. The lowest BCUT2D eigenvalue weighted by Crippen LogP contribution is -2.43. The summed E-state index contributed by atoms with van der Waals surface area (Å²) in [4.78, 5) is 9.21. The van der Waals surface area contributed by atoms with Gasteiger partial charge in [-0.1, -0.05) is 6.92 Å². The van der Waals surface area contributed by atoms with Gasteiger partial charge in [0.15, 0.2) is 5.96 Å². The molecule has 2 saturated heterocycles. The molecule has 0 bridgehead atoms. The molecule has 2 N–H and O–H groups in total. The smallest absolute Gasteiger partial charge is 0.191 e. The number of hydrogen-bond acceptors (Lipinski definition) is 3. The lowest BCUT2D eigenvalue weighted by atomic mass is 10.0. The molecule has 0 aromatic heterocycles. The predicted octanol–water partition coefficient (Wildman–Crippen LogP) is 0.755. The lowest BCUT2D eigenvalue weighted by Gasteiger charge is -2.31. The van der Waals surface area contributed by atoms with E-state index in [1.807, 2.05) is 0 Å². The maximum Gasteiger partial charge on any atom is 0.191 e. The van der Waals surface area contributed by atoms with Gasteiger partial charge in [-0.2, -0.15) is 0 Å². The monoisotopic (exact) mass is 268 g/mol. The molecule has 2 rings (SSSR count). The minimum absolute atomic E-state index is 0.744. The van der Waals surface area contributed by atoms with E-state index in [-0.39, 0.29) is 0 Å². The molecule has 0 aliphatic carbocycles. The summed E-state index contributed by atoms with van der Waals surface area (Å²) in [6.07, 6.45) is 3.65. The third kappa shape index (κ3) is 4.99. The molecule has 0 amide bonds. The number of likely N-dealkylation sites (tertiary alicyclic amines) is 1. The summed E-state index contributed by atoms with van der Waals surface area (Å²) in [6, 6.07) is 0. The van der Waals surface area contributed by atoms with E-state index in [0.717, 1.165) is 70.8 Å². The third-order valence-electron chi connectivity index (χ3n) is 3.99. The summed E-state index contributed by atoms with van der Waals surface area (Å²) in [7, 11) is 0. The summed E-state index contributed by atoms with van der Waals surface area (Å²) in [5, 5.41) is 0. The highest BCUT2D eigenvalue weighted by atomic mass is 16.5. The van der Waals surface area contributed by atoms with Gasteiger partial charge < -0.3 is 15.4 Å². The quantitative estimate of drug-likeness (QED) is 0.464. The van der Waals surface area contributed by atoms with Crippen LogP contribution < -0.4 is 5.73 Å². The Morgan fingerprint density at radius 1 is 1.32 bits per heavy atom. The largest absolute Gasteiger partial charge is 0.379 e. The summed E-state index contributed by atoms with van der Waals surface area (Å²) in [6.45, 7) is 10.2. The second-order valence-corrected chi connectivity index (χ2v) is 5.74. The molecule has 5 nitrogen and oxygen atoms in total. The molecule has 2 fully saturated rings. The number of rotatable bonds is 4. The Kier molecular flexibility index (Phi) is 5.92. The average Bonchev–Trinajstić information content (AvgIpc) is 2.44. The van der Waals surface area contributed by atoms with Crippen LogP contribution in [0.1, 0.15) is 26.2 Å². The molecule has 0 radical (unpaired) electrons. The average molecular weight is 268 g/mol. The molecule has 0 aromatic carbocycles. The standard InChI is InChI=1S/C14H28N4O/c1-13-4-2-7-18(12-13)14(15)16-5-3-6-17-8-10-19-11-9-17/h13H,2-12H2,1H3,(H2,15,16). The van der Waals surface area contributed by atoms with E-state index >= 15 is 0 Å². The first-order valence-corrected chi connectivity index (χ1v) is 7.60. The number of morpholine rings is 1. The second kappa shape index (κ2) is 7.70. The first-order valence-electron chi connectivity index (χ1n) is 7.60. The molecule has 2 aliphatic heterocycles. The van der Waals surface area contributed by atoms with E-state index in [1.54, 1.807) is 0 Å². The van der Waals surface area contributed by atoms with Gasteiger partial charge in [-0.15, -0.1) is 0 Å². The Labute approximate surface area is 116 Å². The Hall–Kier alpha value is -0.810. The molecule has 110 valence electrons. The van der Waals surface area contributed by atoms with Gasteiger partial charge in [0, 0.05) is 39.3 Å². The van der Waals surface area contributed by atoms with Crippen LogP contribution in [0.4, 0.5) is 0 Å². The third-order valence-corrected chi connectivity index (χ3v) is 3.99. The summed E-state index contributed by atoms with van der Waals surface area (Å²) >= 11 is 0. The Balaban J connectivity index is 1.63. The van der Waals surface area contributed by atoms with Crippen molar-refractivity contribution in [3.8, 4) is 0 Å². The van der Waals surface area contributed by atoms with Crippen molar-refractivity contribution < 1.29 is 4.74 Å². The highest BCUT2D eigenvalue weighted by Crippen LogP contribution is 2.14. The maximum atomic E-state index is 6.07. The van der Waals surface area contributed by atoms with Crippen molar-refractivity contribution in [2.45, 2.75) is 26.2 Å². The number of aliphatic imine (C=N–C) groups is 1. The molecule has 5 heteroatoms. The number of nitrogens with zero attached hydrogens (tertiary/aromatic N) is 3. The Bertz CT molecular complexity index is 289. The summed E-state index contributed by atoms with van der Waals surface area (Å²) in [5.74, 6) is 1.49. The molecule has 2 heterocycles. The van der Waals surface area contributed by atoms with Gasteiger partial charge in [0.2, 0.25) is 0 Å². The van der Waals surface area contributed by atoms with Gasteiger partial charge in [-0.3, -0.25) is 9.89 Å². The van der Waals surface area contributed by atoms with Crippen LogP contribution in [-0.2, 0) is 4.74 Å². The van der Waals surface area contributed by atoms with Crippen LogP contribution in [0.25, 0.3) is 0 Å². The van der Waals surface area contributed by atoms with Gasteiger partial charge in [-0.05, 0) is 25.2 Å². The van der Waals surface area contributed by atoms with Crippen molar-refractivity contribution in [1.29, 1.82) is 0 Å². The second-order valence-electron chi connectivity index (χ2n) is 5.74. The van der Waals surface area contributed by atoms with Crippen LogP contribution in [0.2, 0.25) is 0 Å². The Morgan fingerprint density at radius 2 is 2.11 bits per heavy atom. The van der Waals surface area contributed by atoms with Crippen LogP contribution in [0.15, 0.2) is 4.99 Å². The van der Waals surface area contributed by atoms with Gasteiger partial charge in [0.1, 0.15) is 0 Å². The van der Waals surface area contributed by atoms with E-state index in [2.05, 4.69) is 21.7 Å². The van der Waals surface area contributed by atoms with Crippen LogP contribution in [0.3, 0.4) is 0 Å². The zero-order valence-corrected chi connectivity index (χ0v) is 12.2. The summed E-state index contributed by atoms with van der Waals surface area (Å²) < 4.78 is 5.34. The van der Waals surface area contributed by atoms with E-state index in [0.29, 0.717) is 0 Å². The number of guanidine groups is 1. The zero-order valence-electron chi connectivity index (χ0n) is 12.2. The van der Waals surface area contributed by atoms with E-state index < -0.39 is 0 Å². The zero-order chi connectivity index (χ0) is 13.5. The van der Waals surface area contributed by atoms with Gasteiger partial charge in [0.05, 0.1) is 13.2 Å². The lowest BCUT2D eigenvalue weighted by molar-refractivity contribution is 0.0377. The van der Waals surface area contributed by atoms with Crippen LogP contribution >= 0.6 is 0 Å². The normalized spacial score (nSPS) is 26.7. The van der Waals surface area contributed by atoms with Crippen molar-refractivity contribution in [2.24, 2.45) is 16.6 Å². The van der Waals surface area contributed by atoms with Crippen LogP contribution in [-0.4, -0.2) is 68.2 Å². The highest BCUT2D eigenvalue weighted by Gasteiger charge is 2.17. The maximum absolute atomic E-state index is 6.07. The fourth-order valence-corrected chi connectivity index (χ4v) is 2.81. The van der Waals surface area contributed by atoms with E-state index in [9.17, 15) is 0 Å². The van der Waals surface area contributed by atoms with Gasteiger partial charge in [0.25, 0.3) is 0 Å². The van der Waals surface area contributed by atoms with Crippen molar-refractivity contribution in [1.82, 2.24) is 9.80 Å². The Morgan fingerprint density at radius 3 is 2.84 bits per heavy atom. The van der Waals surface area contributed by atoms with E-state index in [4.69, 9.17) is 10.5 Å². The first-order chi connectivity index (χ1) is 9.25. The van der Waals surface area contributed by atoms with Crippen molar-refractivity contribution >= 4 is 5.96 Å². The minimum Gasteiger partial charge on any atom is -0.379 e. The molecule has 2 aliphatic rings. The SMILES string of the molecule is CC1CCCN(C(N)=NCCCN2CCOCC2)C1. The number of piperidine rings is 1. The van der Waals surface area contributed by atoms with Crippen molar-refractivity contribution in [2.75, 3.05) is 52.5 Å². The molecule has 0 saturated carbocycles. The molecular weight excluding hydrogens is 240 g/mol. The fourth-order valence-electron chi connectivity index (χ4n) is 2.81. The van der Waals surface area contributed by atoms with Gasteiger partial charge >= 0.3 is 0 Å². The number of hydrogen-bond donors (Lipinski definition) is 1. The minimum atomic E-state index is 0.744. The van der Waals surface area contributed by atoms with Crippen molar-refractivity contribution in [3.05, 3.63) is 0 Å². The fraction of sp³-hybridized carbons (Fsp3) is 0.929. The highest BCUT2D eigenvalue weighted by molar-refractivity contribution is 5.78. The molecule has 0 spiro atoms. The predicted molar refractivity (Wildman–Crippen MR) is 78.3 cm³/mol. The van der Waals surface area contributed by atoms with E-state index in [1.165, 1.54) is 12.8 Å².